The van der Waals surface area contributed by atoms with E-state index < -0.39 is 0 Å². The Bertz CT molecular complexity index is 8210. The highest BCUT2D eigenvalue weighted by atomic mass is 16.3. The number of furan rings is 2. The number of nitrogens with zero attached hydrogens (tertiary/aromatic N) is 4. The van der Waals surface area contributed by atoms with Crippen LogP contribution in [0.25, 0.3) is 163 Å². The number of hydrogen-bond acceptors (Lipinski definition) is 6. The summed E-state index contributed by atoms with van der Waals surface area (Å²) >= 11 is 0. The minimum Gasteiger partial charge on any atom is -0.455 e. The molecule has 0 atom stereocenters. The third-order valence-corrected chi connectivity index (χ3v) is 24.4. The van der Waals surface area contributed by atoms with Crippen molar-refractivity contribution in [3.8, 4) is 11.1 Å². The van der Waals surface area contributed by atoms with Crippen molar-refractivity contribution in [3.63, 3.8) is 0 Å². The van der Waals surface area contributed by atoms with Gasteiger partial charge in [0.2, 0.25) is 0 Å². The third kappa shape index (κ3) is 10.5. The Morgan fingerprint density at radius 2 is 0.381 bits per heavy atom. The zero-order chi connectivity index (χ0) is 77.5. The predicted octanol–water partition coefficient (Wildman–Crippen LogP) is 32.6. The first kappa shape index (κ1) is 66.8. The number of hydrogen-bond donors (Lipinski definition) is 0. The fourth-order valence-electron chi connectivity index (χ4n) is 19.1. The summed E-state index contributed by atoms with van der Waals surface area (Å²) in [5, 5.41) is 26.7. The Balaban J connectivity index is 0.661. The van der Waals surface area contributed by atoms with E-state index in [2.05, 4.69) is 444 Å². The van der Waals surface area contributed by atoms with Crippen LogP contribution in [0.15, 0.2) is 433 Å². The van der Waals surface area contributed by atoms with Crippen molar-refractivity contribution in [2.45, 2.75) is 0 Å². The van der Waals surface area contributed by atoms with E-state index in [-0.39, 0.29) is 0 Å². The first-order valence-corrected chi connectivity index (χ1v) is 40.4. The van der Waals surface area contributed by atoms with E-state index in [0.29, 0.717) is 0 Å². The van der Waals surface area contributed by atoms with E-state index >= 15 is 0 Å². The summed E-state index contributed by atoms with van der Waals surface area (Å²) in [4.78, 5) is 9.85. The van der Waals surface area contributed by atoms with Crippen LogP contribution in [0.5, 0.6) is 0 Å². The molecule has 6 heteroatoms. The van der Waals surface area contributed by atoms with E-state index in [0.717, 1.165) is 193 Å². The molecule has 24 rings (SSSR count). The number of anilines is 12. The normalized spacial score (nSPS) is 11.9. The molecule has 0 unspecified atom stereocenters. The second-order valence-corrected chi connectivity index (χ2v) is 30.9. The maximum Gasteiger partial charge on any atom is 0.143 e. The van der Waals surface area contributed by atoms with Crippen molar-refractivity contribution in [2.75, 3.05) is 19.6 Å². The van der Waals surface area contributed by atoms with E-state index in [9.17, 15) is 0 Å². The van der Waals surface area contributed by atoms with E-state index in [1.165, 1.54) is 37.7 Å². The molecular formula is C112H70N4O2. The number of rotatable bonds is 13. The van der Waals surface area contributed by atoms with Crippen molar-refractivity contribution in [3.05, 3.63) is 425 Å². The van der Waals surface area contributed by atoms with Crippen LogP contribution >= 0.6 is 0 Å². The lowest BCUT2D eigenvalue weighted by atomic mass is 9.94. The molecule has 118 heavy (non-hydrogen) atoms. The summed E-state index contributed by atoms with van der Waals surface area (Å²) in [6.07, 6.45) is 0. The first-order valence-electron chi connectivity index (χ1n) is 40.4. The van der Waals surface area contributed by atoms with Crippen LogP contribution < -0.4 is 19.6 Å². The van der Waals surface area contributed by atoms with Crippen LogP contribution in [0.3, 0.4) is 0 Å². The molecular weight excluding hydrogens is 1430 g/mol. The highest BCUT2D eigenvalue weighted by molar-refractivity contribution is 6.29. The van der Waals surface area contributed by atoms with Crippen LogP contribution in [0.1, 0.15) is 0 Å². The summed E-state index contributed by atoms with van der Waals surface area (Å²) in [5.41, 5.74) is 18.4. The van der Waals surface area contributed by atoms with Gasteiger partial charge in [0.05, 0.1) is 45.5 Å². The molecule has 0 spiro atoms. The number of benzene rings is 22. The largest absolute Gasteiger partial charge is 0.455 e. The fourth-order valence-corrected chi connectivity index (χ4v) is 19.1. The summed E-state index contributed by atoms with van der Waals surface area (Å²) in [6.45, 7) is 0. The molecule has 0 radical (unpaired) electrons. The molecule has 2 aromatic heterocycles. The van der Waals surface area contributed by atoms with Gasteiger partial charge in [-0.15, -0.1) is 0 Å². The Morgan fingerprint density at radius 1 is 0.127 bits per heavy atom. The van der Waals surface area contributed by atoms with Gasteiger partial charge in [-0.2, -0.15) is 0 Å². The minimum absolute atomic E-state index is 0.850. The zero-order valence-corrected chi connectivity index (χ0v) is 64.0. The van der Waals surface area contributed by atoms with Gasteiger partial charge in [-0.3, -0.25) is 0 Å². The number of fused-ring (bicyclic) bond motifs is 22. The third-order valence-electron chi connectivity index (χ3n) is 24.4. The van der Waals surface area contributed by atoms with Crippen molar-refractivity contribution in [1.82, 2.24) is 0 Å². The lowest BCUT2D eigenvalue weighted by Crippen LogP contribution is -2.11. The summed E-state index contributed by atoms with van der Waals surface area (Å²) < 4.78 is 14.7. The van der Waals surface area contributed by atoms with Gasteiger partial charge in [-0.25, -0.2) is 0 Å². The van der Waals surface area contributed by atoms with E-state index in [1.54, 1.807) is 0 Å². The lowest BCUT2D eigenvalue weighted by molar-refractivity contribution is 0.676. The molecule has 0 amide bonds. The monoisotopic (exact) mass is 1500 g/mol. The molecule has 24 aromatic rings. The summed E-state index contributed by atoms with van der Waals surface area (Å²) in [7, 11) is 0. The molecule has 0 aliphatic rings. The Labute approximate surface area is 679 Å². The van der Waals surface area contributed by atoms with E-state index in [1.807, 2.05) is 0 Å². The molecule has 0 N–H and O–H groups in total. The van der Waals surface area contributed by atoms with Gasteiger partial charge in [-0.05, 0) is 157 Å². The topological polar surface area (TPSA) is 39.2 Å². The van der Waals surface area contributed by atoms with Crippen molar-refractivity contribution < 1.29 is 8.83 Å². The van der Waals surface area contributed by atoms with Gasteiger partial charge in [0.1, 0.15) is 22.3 Å². The molecule has 0 saturated heterocycles. The predicted molar refractivity (Wildman–Crippen MR) is 500 cm³/mol. The van der Waals surface area contributed by atoms with Gasteiger partial charge in [-0.1, -0.05) is 322 Å². The molecule has 550 valence electrons. The van der Waals surface area contributed by atoms with Crippen LogP contribution in [0.4, 0.5) is 68.2 Å². The Hall–Kier alpha value is -15.8. The van der Waals surface area contributed by atoms with Crippen LogP contribution in [-0.2, 0) is 0 Å². The quantitative estimate of drug-likeness (QED) is 0.107. The average molecular weight is 1500 g/mol. The minimum atomic E-state index is 0.850. The van der Waals surface area contributed by atoms with Gasteiger partial charge >= 0.3 is 0 Å². The molecule has 6 nitrogen and oxygen atoms in total. The Morgan fingerprint density at radius 3 is 0.763 bits per heavy atom. The van der Waals surface area contributed by atoms with Crippen LogP contribution in [0.2, 0.25) is 0 Å². The molecule has 0 aliphatic heterocycles. The molecule has 22 aromatic carbocycles. The molecule has 0 bridgehead atoms. The van der Waals surface area contributed by atoms with Crippen LogP contribution in [-0.4, -0.2) is 0 Å². The number of para-hydroxylation sites is 3. The fraction of sp³-hybridized carbons (Fsp3) is 0. The lowest BCUT2D eigenvalue weighted by Gasteiger charge is -2.29. The van der Waals surface area contributed by atoms with Gasteiger partial charge in [0.25, 0.3) is 0 Å². The van der Waals surface area contributed by atoms with Crippen molar-refractivity contribution in [1.29, 1.82) is 0 Å². The van der Waals surface area contributed by atoms with Crippen LogP contribution in [0, 0.1) is 0 Å². The van der Waals surface area contributed by atoms with E-state index in [4.69, 9.17) is 8.83 Å². The van der Waals surface area contributed by atoms with Crippen molar-refractivity contribution >= 4 is 220 Å². The zero-order valence-electron chi connectivity index (χ0n) is 64.0. The first-order chi connectivity index (χ1) is 58.6. The highest BCUT2D eigenvalue weighted by Crippen LogP contribution is 2.55. The molecule has 2 heterocycles. The summed E-state index contributed by atoms with van der Waals surface area (Å²) in [6, 6.07) is 155. The molecule has 0 aliphatic carbocycles. The Kier molecular flexibility index (Phi) is 15.3. The molecule has 0 saturated carbocycles. The van der Waals surface area contributed by atoms with Gasteiger partial charge < -0.3 is 28.4 Å². The average Bonchev–Trinajstić information content (AvgIpc) is 1.51. The smallest absolute Gasteiger partial charge is 0.143 e. The highest BCUT2D eigenvalue weighted by Gasteiger charge is 2.30. The van der Waals surface area contributed by atoms with Gasteiger partial charge in [0, 0.05) is 109 Å². The standard InChI is InChI=1S/C112H70N4O2/c1-4-35-77(36-5-1)113(101-56-28-33-72-30-10-14-42-82(72)101)105-67-97-98-68-106(89-49-21-25-53-93(89)110(98)117-109(97)92-52-24-20-48-88(92)105)114(102-57-29-34-73-31-11-15-43-83(73)102)80-62-60-71(61-63-80)74-58-59-76-66-104(87-47-19-17-45-85(87)96(76)64-74)116(79-39-8-3-9-40-79)108-70-100-99-69-107(90-50-22-26-54-94(90)111(99)118-112(100)95-55-27-23-51-91(95)108)115(78-37-6-2-7-38-78)103-65-75-32-12-13-41-81(75)84-44-16-18-46-86(84)103/h1-70H. The second-order valence-electron chi connectivity index (χ2n) is 30.9. The maximum absolute atomic E-state index is 7.40. The second kappa shape index (κ2) is 27.0. The molecule has 0 fully saturated rings. The summed E-state index contributed by atoms with van der Waals surface area (Å²) in [5.74, 6) is 0. The van der Waals surface area contributed by atoms with Crippen molar-refractivity contribution in [2.24, 2.45) is 0 Å². The SMILES string of the molecule is c1ccc(N(c2cccc3ccccc23)c2cc3c4cc(N(c5ccc(-c6ccc7cc(N(c8ccccc8)c8cc9c%10cc(N(c%11ccccc%11)c%11cc%12ccccc%12c%12ccccc%11%12)c%11ccccc%11c%10oc9c9ccccc89)c8ccccc8c7c6)cc5)c5cccc6ccccc56)c5ccccc5c4oc3c3ccccc23)cc1. The maximum atomic E-state index is 7.40. The van der Waals surface area contributed by atoms with Gasteiger partial charge in [0.15, 0.2) is 0 Å².